The van der Waals surface area contributed by atoms with Gasteiger partial charge in [0.05, 0.1) is 18.3 Å². The standard InChI is InChI=1S/C11H12F3NO/c12-11(13,14)9-4-2-1-3-8(9)10-7-15-5-6-16-10/h1-4,10,15H,5-7H2/t10-/m1/s1. The molecule has 1 aromatic rings. The van der Waals surface area contributed by atoms with Gasteiger partial charge in [0, 0.05) is 13.1 Å². The molecule has 5 heteroatoms. The number of nitrogens with one attached hydrogen (secondary N) is 1. The zero-order chi connectivity index (χ0) is 11.6. The van der Waals surface area contributed by atoms with Gasteiger partial charge in [-0.3, -0.25) is 0 Å². The molecule has 1 saturated heterocycles. The second-order valence-electron chi connectivity index (χ2n) is 3.65. The number of rotatable bonds is 1. The molecule has 1 aliphatic rings. The second-order valence-corrected chi connectivity index (χ2v) is 3.65. The molecule has 88 valence electrons. The van der Waals surface area contributed by atoms with Crippen molar-refractivity contribution in [3.63, 3.8) is 0 Å². The van der Waals surface area contributed by atoms with Crippen molar-refractivity contribution in [2.75, 3.05) is 19.7 Å². The summed E-state index contributed by atoms with van der Waals surface area (Å²) in [6, 6.07) is 5.55. The van der Waals surface area contributed by atoms with Crippen molar-refractivity contribution in [1.82, 2.24) is 5.32 Å². The van der Waals surface area contributed by atoms with Crippen LogP contribution in [0.15, 0.2) is 24.3 Å². The van der Waals surface area contributed by atoms with Crippen LogP contribution in [0.4, 0.5) is 13.2 Å². The molecule has 0 bridgehead atoms. The van der Waals surface area contributed by atoms with Crippen LogP contribution in [-0.2, 0) is 10.9 Å². The van der Waals surface area contributed by atoms with Gasteiger partial charge >= 0.3 is 6.18 Å². The molecular weight excluding hydrogens is 219 g/mol. The first-order chi connectivity index (χ1) is 7.59. The second kappa shape index (κ2) is 4.43. The molecule has 0 unspecified atom stereocenters. The molecule has 16 heavy (non-hydrogen) atoms. The molecule has 1 atom stereocenters. The quantitative estimate of drug-likeness (QED) is 0.801. The Kier molecular flexibility index (Phi) is 3.16. The number of hydrogen-bond donors (Lipinski definition) is 1. The van der Waals surface area contributed by atoms with Gasteiger partial charge < -0.3 is 10.1 Å². The number of halogens is 3. The molecule has 1 aliphatic heterocycles. The van der Waals surface area contributed by atoms with Gasteiger partial charge in [-0.1, -0.05) is 18.2 Å². The SMILES string of the molecule is FC(F)(F)c1ccccc1[C@H]1CNCCO1. The van der Waals surface area contributed by atoms with Gasteiger partial charge in [-0.15, -0.1) is 0 Å². The molecule has 0 aromatic heterocycles. The summed E-state index contributed by atoms with van der Waals surface area (Å²) in [5, 5.41) is 3.02. The van der Waals surface area contributed by atoms with Gasteiger partial charge in [0.15, 0.2) is 0 Å². The third-order valence-electron chi connectivity index (χ3n) is 2.54. The third-order valence-corrected chi connectivity index (χ3v) is 2.54. The Balaban J connectivity index is 2.32. The highest BCUT2D eigenvalue weighted by Crippen LogP contribution is 2.35. The summed E-state index contributed by atoms with van der Waals surface area (Å²) in [5.74, 6) is 0. The molecule has 0 amide bonds. The van der Waals surface area contributed by atoms with E-state index in [1.807, 2.05) is 0 Å². The maximum atomic E-state index is 12.7. The van der Waals surface area contributed by atoms with Crippen LogP contribution in [0.1, 0.15) is 17.2 Å². The lowest BCUT2D eigenvalue weighted by atomic mass is 10.0. The van der Waals surface area contributed by atoms with E-state index >= 15 is 0 Å². The highest BCUT2D eigenvalue weighted by Gasteiger charge is 2.35. The number of morpholine rings is 1. The lowest BCUT2D eigenvalue weighted by molar-refractivity contribution is -0.139. The molecule has 2 nitrogen and oxygen atoms in total. The van der Waals surface area contributed by atoms with E-state index in [0.717, 1.165) is 6.07 Å². The van der Waals surface area contributed by atoms with E-state index in [4.69, 9.17) is 4.74 Å². The van der Waals surface area contributed by atoms with E-state index < -0.39 is 17.8 Å². The smallest absolute Gasteiger partial charge is 0.371 e. The molecule has 0 saturated carbocycles. The Morgan fingerprint density at radius 3 is 2.62 bits per heavy atom. The van der Waals surface area contributed by atoms with Gasteiger partial charge in [-0.2, -0.15) is 13.2 Å². The first-order valence-electron chi connectivity index (χ1n) is 5.07. The predicted molar refractivity (Wildman–Crippen MR) is 53.0 cm³/mol. The number of ether oxygens (including phenoxy) is 1. The van der Waals surface area contributed by atoms with Crippen molar-refractivity contribution in [3.8, 4) is 0 Å². The van der Waals surface area contributed by atoms with Crippen LogP contribution >= 0.6 is 0 Å². The third kappa shape index (κ3) is 2.36. The zero-order valence-corrected chi connectivity index (χ0v) is 8.55. The Hall–Kier alpha value is -1.07. The van der Waals surface area contributed by atoms with Crippen molar-refractivity contribution in [3.05, 3.63) is 35.4 Å². The summed E-state index contributed by atoms with van der Waals surface area (Å²) < 4.78 is 43.5. The monoisotopic (exact) mass is 231 g/mol. The van der Waals surface area contributed by atoms with Crippen LogP contribution in [0.2, 0.25) is 0 Å². The zero-order valence-electron chi connectivity index (χ0n) is 8.55. The number of hydrogen-bond acceptors (Lipinski definition) is 2. The van der Waals surface area contributed by atoms with Crippen molar-refractivity contribution >= 4 is 0 Å². The summed E-state index contributed by atoms with van der Waals surface area (Å²) in [7, 11) is 0. The van der Waals surface area contributed by atoms with Gasteiger partial charge in [0.1, 0.15) is 0 Å². The Labute approximate surface area is 91.4 Å². The summed E-state index contributed by atoms with van der Waals surface area (Å²) in [6.45, 7) is 1.55. The fourth-order valence-electron chi connectivity index (χ4n) is 1.80. The van der Waals surface area contributed by atoms with Crippen molar-refractivity contribution in [1.29, 1.82) is 0 Å². The molecule has 1 heterocycles. The summed E-state index contributed by atoms with van der Waals surface area (Å²) in [4.78, 5) is 0. The van der Waals surface area contributed by atoms with Crippen molar-refractivity contribution in [2.24, 2.45) is 0 Å². The van der Waals surface area contributed by atoms with Crippen molar-refractivity contribution in [2.45, 2.75) is 12.3 Å². The fourth-order valence-corrected chi connectivity index (χ4v) is 1.80. The minimum absolute atomic E-state index is 0.210. The first kappa shape index (κ1) is 11.4. The van der Waals surface area contributed by atoms with E-state index in [-0.39, 0.29) is 5.56 Å². The lowest BCUT2D eigenvalue weighted by Crippen LogP contribution is -2.34. The molecule has 0 aliphatic carbocycles. The van der Waals surface area contributed by atoms with Gasteiger partial charge in [-0.05, 0) is 11.6 Å². The molecule has 1 N–H and O–H groups in total. The molecule has 0 spiro atoms. The molecule has 2 rings (SSSR count). The minimum Gasteiger partial charge on any atom is -0.371 e. The van der Waals surface area contributed by atoms with Crippen LogP contribution in [0.3, 0.4) is 0 Å². The maximum Gasteiger partial charge on any atom is 0.416 e. The van der Waals surface area contributed by atoms with Crippen LogP contribution < -0.4 is 5.32 Å². The topological polar surface area (TPSA) is 21.3 Å². The van der Waals surface area contributed by atoms with Crippen molar-refractivity contribution < 1.29 is 17.9 Å². The van der Waals surface area contributed by atoms with Crippen LogP contribution in [0, 0.1) is 0 Å². The number of benzene rings is 1. The van der Waals surface area contributed by atoms with Gasteiger partial charge in [0.25, 0.3) is 0 Å². The average Bonchev–Trinajstić information content (AvgIpc) is 2.29. The Bertz CT molecular complexity index is 358. The van der Waals surface area contributed by atoms with Gasteiger partial charge in [0.2, 0.25) is 0 Å². The molecular formula is C11H12F3NO. The molecule has 0 radical (unpaired) electrons. The van der Waals surface area contributed by atoms with E-state index in [2.05, 4.69) is 5.32 Å². The normalized spacial score (nSPS) is 22.1. The molecule has 1 aromatic carbocycles. The van der Waals surface area contributed by atoms with E-state index in [9.17, 15) is 13.2 Å². The van der Waals surface area contributed by atoms with Crippen LogP contribution in [-0.4, -0.2) is 19.7 Å². The number of alkyl halides is 3. The van der Waals surface area contributed by atoms with E-state index in [0.29, 0.717) is 19.7 Å². The minimum atomic E-state index is -4.32. The first-order valence-corrected chi connectivity index (χ1v) is 5.07. The fraction of sp³-hybridized carbons (Fsp3) is 0.455. The van der Waals surface area contributed by atoms with Gasteiger partial charge in [-0.25, -0.2) is 0 Å². The largest absolute Gasteiger partial charge is 0.416 e. The summed E-state index contributed by atoms with van der Waals surface area (Å²) in [5.41, 5.74) is -0.397. The summed E-state index contributed by atoms with van der Waals surface area (Å²) in [6.07, 6.45) is -4.83. The van der Waals surface area contributed by atoms with Crippen LogP contribution in [0.5, 0.6) is 0 Å². The maximum absolute atomic E-state index is 12.7. The Morgan fingerprint density at radius 2 is 2.00 bits per heavy atom. The average molecular weight is 231 g/mol. The lowest BCUT2D eigenvalue weighted by Gasteiger charge is -2.26. The Morgan fingerprint density at radius 1 is 1.25 bits per heavy atom. The van der Waals surface area contributed by atoms with Crippen LogP contribution in [0.25, 0.3) is 0 Å². The highest BCUT2D eigenvalue weighted by molar-refractivity contribution is 5.32. The molecule has 1 fully saturated rings. The predicted octanol–water partition coefficient (Wildman–Crippen LogP) is 2.37. The van der Waals surface area contributed by atoms with E-state index in [1.54, 1.807) is 6.07 Å². The highest BCUT2D eigenvalue weighted by atomic mass is 19.4. The summed E-state index contributed by atoms with van der Waals surface area (Å²) >= 11 is 0. The van der Waals surface area contributed by atoms with E-state index in [1.165, 1.54) is 12.1 Å².